The van der Waals surface area contributed by atoms with E-state index < -0.39 is 0 Å². The van der Waals surface area contributed by atoms with E-state index in [4.69, 9.17) is 9.47 Å². The molecule has 0 saturated carbocycles. The first-order valence-corrected chi connectivity index (χ1v) is 12.0. The standard InChI is InChI=1S/C28H39NO4/c1-7-9-13-27(33-23(6)16-17-32-8-2)20(3)14-15-28(31)29-21(4)18-25-24(19-22(5)30)11-10-12-26(25)29/h9-15,18,20,23,27H,7-8,16-17,19H2,1-6H3/b13-9-,15-14+. The van der Waals surface area contributed by atoms with Crippen molar-refractivity contribution in [3.05, 3.63) is 59.8 Å². The zero-order valence-corrected chi connectivity index (χ0v) is 21.0. The third-order valence-electron chi connectivity index (χ3n) is 5.66. The van der Waals surface area contributed by atoms with Gasteiger partial charge in [0.1, 0.15) is 5.78 Å². The number of allylic oxidation sites excluding steroid dienone is 2. The molecule has 1 aromatic heterocycles. The summed E-state index contributed by atoms with van der Waals surface area (Å²) in [5.41, 5.74) is 2.63. The van der Waals surface area contributed by atoms with Crippen LogP contribution in [0, 0.1) is 12.8 Å². The summed E-state index contributed by atoms with van der Waals surface area (Å²) in [6.45, 7) is 13.1. The number of rotatable bonds is 13. The molecule has 180 valence electrons. The van der Waals surface area contributed by atoms with Crippen LogP contribution in [0.2, 0.25) is 0 Å². The molecule has 5 heteroatoms. The Kier molecular flexibility index (Phi) is 10.8. The Balaban J connectivity index is 2.19. The van der Waals surface area contributed by atoms with Crippen LogP contribution in [0.5, 0.6) is 0 Å². The molecule has 0 amide bonds. The second kappa shape index (κ2) is 13.3. The lowest BCUT2D eigenvalue weighted by atomic mass is 10.0. The number of fused-ring (bicyclic) bond motifs is 1. The number of aryl methyl sites for hydroxylation is 1. The van der Waals surface area contributed by atoms with E-state index in [9.17, 15) is 9.59 Å². The molecular formula is C28H39NO4. The molecule has 3 unspecified atom stereocenters. The van der Waals surface area contributed by atoms with Gasteiger partial charge in [0.25, 0.3) is 5.91 Å². The molecule has 1 aromatic carbocycles. The largest absolute Gasteiger partial charge is 0.382 e. The quantitative estimate of drug-likeness (QED) is 0.209. The third kappa shape index (κ3) is 7.79. The summed E-state index contributed by atoms with van der Waals surface area (Å²) >= 11 is 0. The molecule has 0 aliphatic heterocycles. The first kappa shape index (κ1) is 26.7. The Morgan fingerprint density at radius 3 is 2.58 bits per heavy atom. The highest BCUT2D eigenvalue weighted by Gasteiger charge is 2.18. The van der Waals surface area contributed by atoms with Crippen LogP contribution in [0.1, 0.15) is 63.5 Å². The minimum absolute atomic E-state index is 0.0294. The normalized spacial score (nSPS) is 14.8. The van der Waals surface area contributed by atoms with Gasteiger partial charge in [0.2, 0.25) is 0 Å². The maximum Gasteiger partial charge on any atom is 0.254 e. The highest BCUT2D eigenvalue weighted by molar-refractivity contribution is 6.00. The summed E-state index contributed by atoms with van der Waals surface area (Å²) < 4.78 is 13.4. The van der Waals surface area contributed by atoms with Gasteiger partial charge < -0.3 is 9.47 Å². The molecule has 2 aromatic rings. The van der Waals surface area contributed by atoms with Gasteiger partial charge >= 0.3 is 0 Å². The van der Waals surface area contributed by atoms with E-state index in [1.165, 1.54) is 0 Å². The van der Waals surface area contributed by atoms with Gasteiger partial charge in [-0.25, -0.2) is 0 Å². The van der Waals surface area contributed by atoms with Crippen molar-refractivity contribution in [1.82, 2.24) is 4.57 Å². The van der Waals surface area contributed by atoms with Gasteiger partial charge in [-0.15, -0.1) is 0 Å². The Labute approximate surface area is 198 Å². The van der Waals surface area contributed by atoms with Gasteiger partial charge in [-0.3, -0.25) is 14.2 Å². The molecule has 2 rings (SSSR count). The fourth-order valence-corrected chi connectivity index (χ4v) is 3.90. The molecule has 0 saturated heterocycles. The van der Waals surface area contributed by atoms with Crippen molar-refractivity contribution in [3.63, 3.8) is 0 Å². The van der Waals surface area contributed by atoms with E-state index >= 15 is 0 Å². The average Bonchev–Trinajstić information content (AvgIpc) is 3.11. The molecule has 0 spiro atoms. The van der Waals surface area contributed by atoms with E-state index in [1.54, 1.807) is 17.6 Å². The average molecular weight is 454 g/mol. The summed E-state index contributed by atoms with van der Waals surface area (Å²) in [6, 6.07) is 7.76. The Hall–Kier alpha value is -2.50. The summed E-state index contributed by atoms with van der Waals surface area (Å²) in [5.74, 6) is 0.0354. The van der Waals surface area contributed by atoms with Gasteiger partial charge in [-0.1, -0.05) is 44.2 Å². The molecular weight excluding hydrogens is 414 g/mol. The number of benzene rings is 1. The van der Waals surface area contributed by atoms with E-state index in [2.05, 4.69) is 32.9 Å². The minimum Gasteiger partial charge on any atom is -0.382 e. The van der Waals surface area contributed by atoms with Crippen molar-refractivity contribution in [2.75, 3.05) is 13.2 Å². The second-order valence-electron chi connectivity index (χ2n) is 8.64. The molecule has 0 aliphatic rings. The number of ether oxygens (including phenoxy) is 2. The van der Waals surface area contributed by atoms with Crippen molar-refractivity contribution < 1.29 is 19.1 Å². The first-order valence-electron chi connectivity index (χ1n) is 12.0. The van der Waals surface area contributed by atoms with E-state index in [0.717, 1.165) is 35.0 Å². The van der Waals surface area contributed by atoms with Crippen LogP contribution < -0.4 is 0 Å². The van der Waals surface area contributed by atoms with Crippen LogP contribution in [0.3, 0.4) is 0 Å². The molecule has 0 radical (unpaired) electrons. The van der Waals surface area contributed by atoms with Crippen molar-refractivity contribution in [3.8, 4) is 0 Å². The Morgan fingerprint density at radius 2 is 1.91 bits per heavy atom. The van der Waals surface area contributed by atoms with Gasteiger partial charge in [0, 0.05) is 42.7 Å². The van der Waals surface area contributed by atoms with Gasteiger partial charge in [-0.2, -0.15) is 0 Å². The van der Waals surface area contributed by atoms with Crippen LogP contribution in [0.4, 0.5) is 0 Å². The Bertz CT molecular complexity index is 985. The number of aromatic nitrogens is 1. The summed E-state index contributed by atoms with van der Waals surface area (Å²) in [5, 5.41) is 0.954. The molecule has 33 heavy (non-hydrogen) atoms. The van der Waals surface area contributed by atoms with Gasteiger partial charge in [-0.05, 0) is 58.2 Å². The lowest BCUT2D eigenvalue weighted by Gasteiger charge is -2.23. The maximum atomic E-state index is 13.1. The number of carbonyl (C=O) groups excluding carboxylic acids is 2. The molecule has 5 nitrogen and oxygen atoms in total. The van der Waals surface area contributed by atoms with E-state index in [0.29, 0.717) is 19.6 Å². The maximum absolute atomic E-state index is 13.1. The smallest absolute Gasteiger partial charge is 0.254 e. The molecule has 0 N–H and O–H groups in total. The minimum atomic E-state index is -0.115. The summed E-state index contributed by atoms with van der Waals surface area (Å²) in [4.78, 5) is 24.8. The fourth-order valence-electron chi connectivity index (χ4n) is 3.90. The molecule has 0 bridgehead atoms. The van der Waals surface area contributed by atoms with Crippen molar-refractivity contribution in [2.45, 2.75) is 73.0 Å². The highest BCUT2D eigenvalue weighted by Crippen LogP contribution is 2.24. The Morgan fingerprint density at radius 1 is 1.15 bits per heavy atom. The first-order chi connectivity index (χ1) is 15.8. The van der Waals surface area contributed by atoms with Crippen LogP contribution >= 0.6 is 0 Å². The molecule has 3 atom stereocenters. The predicted molar refractivity (Wildman–Crippen MR) is 135 cm³/mol. The van der Waals surface area contributed by atoms with Crippen LogP contribution in [0.25, 0.3) is 10.9 Å². The van der Waals surface area contributed by atoms with Crippen molar-refractivity contribution in [1.29, 1.82) is 0 Å². The number of carbonyl (C=O) groups is 2. The second-order valence-corrected chi connectivity index (χ2v) is 8.64. The molecule has 0 aliphatic carbocycles. The number of hydrogen-bond donors (Lipinski definition) is 0. The lowest BCUT2D eigenvalue weighted by molar-refractivity contribution is -0.116. The SMILES string of the molecule is CC/C=C\C(OC(C)CCOCC)C(C)/C=C/C(=O)n1c(C)cc2c(CC(C)=O)cccc21. The third-order valence-corrected chi connectivity index (χ3v) is 5.66. The summed E-state index contributed by atoms with van der Waals surface area (Å²) in [6.07, 6.45) is 9.82. The van der Waals surface area contributed by atoms with Crippen LogP contribution in [-0.2, 0) is 20.7 Å². The summed E-state index contributed by atoms with van der Waals surface area (Å²) in [7, 11) is 0. The molecule has 1 heterocycles. The molecule has 0 fully saturated rings. The lowest BCUT2D eigenvalue weighted by Crippen LogP contribution is -2.25. The van der Waals surface area contributed by atoms with E-state index in [1.807, 2.05) is 44.2 Å². The zero-order valence-electron chi connectivity index (χ0n) is 21.0. The fraction of sp³-hybridized carbons (Fsp3) is 0.500. The van der Waals surface area contributed by atoms with Gasteiger partial charge in [0.05, 0.1) is 17.7 Å². The number of Topliss-reactive ketones (excluding diaryl/α,β-unsaturated/α-hetero) is 1. The van der Waals surface area contributed by atoms with Crippen LogP contribution in [0.15, 0.2) is 48.6 Å². The number of nitrogens with zero attached hydrogens (tertiary/aromatic N) is 1. The predicted octanol–water partition coefficient (Wildman–Crippen LogP) is 6.08. The van der Waals surface area contributed by atoms with Gasteiger partial charge in [0.15, 0.2) is 0 Å². The zero-order chi connectivity index (χ0) is 24.4. The number of ketones is 1. The monoisotopic (exact) mass is 453 g/mol. The highest BCUT2D eigenvalue weighted by atomic mass is 16.5. The van der Waals surface area contributed by atoms with Crippen molar-refractivity contribution in [2.24, 2.45) is 5.92 Å². The topological polar surface area (TPSA) is 57.5 Å². The van der Waals surface area contributed by atoms with Crippen LogP contribution in [-0.4, -0.2) is 41.7 Å². The number of hydrogen-bond acceptors (Lipinski definition) is 4. The van der Waals surface area contributed by atoms with E-state index in [-0.39, 0.29) is 29.8 Å². The van der Waals surface area contributed by atoms with Crippen molar-refractivity contribution >= 4 is 22.6 Å².